The Morgan fingerprint density at radius 2 is 1.79 bits per heavy atom. The van der Waals surface area contributed by atoms with E-state index < -0.39 is 27.7 Å². The van der Waals surface area contributed by atoms with Crippen LogP contribution in [0.15, 0.2) is 42.5 Å². The summed E-state index contributed by atoms with van der Waals surface area (Å²) in [6.45, 7) is 5.07. The summed E-state index contributed by atoms with van der Waals surface area (Å²) >= 11 is 0. The maximum atomic E-state index is 12.7. The number of anilines is 2. The zero-order valence-electron chi connectivity index (χ0n) is 19.6. The number of nitrogens with one attached hydrogen (secondary N) is 2. The molecule has 2 N–H and O–H groups in total. The highest BCUT2D eigenvalue weighted by Crippen LogP contribution is 2.46. The predicted molar refractivity (Wildman–Crippen MR) is 129 cm³/mol. The van der Waals surface area contributed by atoms with E-state index in [0.29, 0.717) is 30.9 Å². The Morgan fingerprint density at radius 3 is 2.50 bits per heavy atom. The van der Waals surface area contributed by atoms with Crippen molar-refractivity contribution in [2.75, 3.05) is 36.6 Å². The van der Waals surface area contributed by atoms with Crippen molar-refractivity contribution >= 4 is 39.1 Å². The van der Waals surface area contributed by atoms with Gasteiger partial charge in [0.25, 0.3) is 5.91 Å². The minimum atomic E-state index is -3.71. The molecule has 10 heteroatoms. The summed E-state index contributed by atoms with van der Waals surface area (Å²) in [5.74, 6) is -1.80. The third kappa shape index (κ3) is 4.50. The fourth-order valence-electron chi connectivity index (χ4n) is 4.65. The Bertz CT molecular complexity index is 1290. The molecule has 0 aromatic heterocycles. The zero-order valence-corrected chi connectivity index (χ0v) is 20.4. The summed E-state index contributed by atoms with van der Waals surface area (Å²) in [7, 11) is -2.11. The Kier molecular flexibility index (Phi) is 5.89. The molecule has 0 saturated carbocycles. The molecule has 2 aromatic rings. The fraction of sp³-hybridized carbons (Fsp3) is 0.375. The lowest BCUT2D eigenvalue weighted by Gasteiger charge is -2.42. The van der Waals surface area contributed by atoms with Crippen LogP contribution in [0.2, 0.25) is 0 Å². The van der Waals surface area contributed by atoms with Crippen molar-refractivity contribution in [2.24, 2.45) is 5.41 Å². The first kappa shape index (κ1) is 23.7. The van der Waals surface area contributed by atoms with Gasteiger partial charge in [0.1, 0.15) is 0 Å². The number of likely N-dealkylation sites (N-methyl/N-ethyl adjacent to an activating group) is 1. The molecule has 1 atom stereocenters. The molecule has 2 heterocycles. The standard InChI is InChI=1S/C24H28N4O5S/c1-24(2)14-16-8-6-10-18(21(29)26-34(4,32)33)19(16)25-20(24)15-7-5-9-17(13-15)28-12-11-27(3)22(30)23(28)31/h5-10,13,20,25H,11-12,14H2,1-4H3,(H,26,29). The van der Waals surface area contributed by atoms with Crippen molar-refractivity contribution in [1.29, 1.82) is 0 Å². The average molecular weight is 485 g/mol. The first-order valence-corrected chi connectivity index (χ1v) is 12.8. The highest BCUT2D eigenvalue weighted by atomic mass is 32.2. The number of hydrogen-bond acceptors (Lipinski definition) is 6. The van der Waals surface area contributed by atoms with Gasteiger partial charge < -0.3 is 15.1 Å². The number of piperazine rings is 1. The van der Waals surface area contributed by atoms with Crippen molar-refractivity contribution in [1.82, 2.24) is 9.62 Å². The molecular weight excluding hydrogens is 456 g/mol. The van der Waals surface area contributed by atoms with E-state index in [-0.39, 0.29) is 17.0 Å². The molecule has 3 amide bonds. The van der Waals surface area contributed by atoms with Crippen molar-refractivity contribution < 1.29 is 22.8 Å². The summed E-state index contributed by atoms with van der Waals surface area (Å²) in [5, 5.41) is 3.46. The van der Waals surface area contributed by atoms with Crippen molar-refractivity contribution in [3.05, 3.63) is 59.2 Å². The second-order valence-corrected chi connectivity index (χ2v) is 11.3. The van der Waals surface area contributed by atoms with Gasteiger partial charge in [-0.05, 0) is 41.2 Å². The number of para-hydroxylation sites is 1. The van der Waals surface area contributed by atoms with Gasteiger partial charge in [-0.2, -0.15) is 0 Å². The van der Waals surface area contributed by atoms with E-state index in [0.717, 1.165) is 17.4 Å². The summed E-state index contributed by atoms with van der Waals surface area (Å²) in [4.78, 5) is 40.3. The molecule has 1 unspecified atom stereocenters. The normalized spacial score (nSPS) is 19.9. The van der Waals surface area contributed by atoms with Crippen molar-refractivity contribution in [3.63, 3.8) is 0 Å². The number of sulfonamides is 1. The lowest BCUT2D eigenvalue weighted by Crippen LogP contribution is -2.53. The number of carbonyl (C=O) groups is 3. The monoisotopic (exact) mass is 484 g/mol. The number of hydrogen-bond donors (Lipinski definition) is 2. The van der Waals surface area contributed by atoms with Gasteiger partial charge in [0.2, 0.25) is 10.0 Å². The van der Waals surface area contributed by atoms with Crippen molar-refractivity contribution in [2.45, 2.75) is 26.3 Å². The Labute approximate surface area is 199 Å². The summed E-state index contributed by atoms with van der Waals surface area (Å²) < 4.78 is 25.3. The lowest BCUT2D eigenvalue weighted by molar-refractivity contribution is -0.145. The van der Waals surface area contributed by atoms with E-state index in [4.69, 9.17) is 0 Å². The zero-order chi connectivity index (χ0) is 24.8. The molecule has 0 bridgehead atoms. The molecule has 2 aliphatic heterocycles. The van der Waals surface area contributed by atoms with Crippen LogP contribution in [-0.2, 0) is 26.0 Å². The molecule has 4 rings (SSSR count). The maximum absolute atomic E-state index is 12.7. The Morgan fingerprint density at radius 1 is 1.09 bits per heavy atom. The summed E-state index contributed by atoms with van der Waals surface area (Å²) in [6.07, 6.45) is 1.59. The highest BCUT2D eigenvalue weighted by Gasteiger charge is 2.38. The predicted octanol–water partition coefficient (Wildman–Crippen LogP) is 1.92. The molecule has 1 saturated heterocycles. The number of amides is 3. The molecule has 0 spiro atoms. The molecule has 9 nitrogen and oxygen atoms in total. The second-order valence-electron chi connectivity index (χ2n) is 9.56. The van der Waals surface area contributed by atoms with Crippen LogP contribution in [-0.4, -0.2) is 57.4 Å². The first-order valence-electron chi connectivity index (χ1n) is 10.9. The molecule has 180 valence electrons. The molecule has 1 fully saturated rings. The molecule has 2 aromatic carbocycles. The van der Waals surface area contributed by atoms with Crippen molar-refractivity contribution in [3.8, 4) is 0 Å². The van der Waals surface area contributed by atoms with Gasteiger partial charge in [0.05, 0.1) is 23.5 Å². The van der Waals surface area contributed by atoms with Crippen LogP contribution in [0.3, 0.4) is 0 Å². The Balaban J connectivity index is 1.70. The minimum Gasteiger partial charge on any atom is -0.377 e. The van der Waals surface area contributed by atoms with Gasteiger partial charge in [-0.3, -0.25) is 14.4 Å². The van der Waals surface area contributed by atoms with Gasteiger partial charge in [-0.15, -0.1) is 0 Å². The van der Waals surface area contributed by atoms with Crippen LogP contribution in [0.4, 0.5) is 11.4 Å². The SMILES string of the molecule is CN1CCN(c2cccc(C3Nc4c(cccc4C(=O)NS(C)(=O)=O)CC3(C)C)c2)C(=O)C1=O. The van der Waals surface area contributed by atoms with Gasteiger partial charge >= 0.3 is 11.8 Å². The quantitative estimate of drug-likeness (QED) is 0.641. The summed E-state index contributed by atoms with van der Waals surface area (Å²) in [5.41, 5.74) is 3.02. The first-order chi connectivity index (χ1) is 15.9. The maximum Gasteiger partial charge on any atom is 0.316 e. The van der Waals surface area contributed by atoms with Crippen LogP contribution < -0.4 is 14.9 Å². The smallest absolute Gasteiger partial charge is 0.316 e. The van der Waals surface area contributed by atoms with Crippen LogP contribution >= 0.6 is 0 Å². The van der Waals surface area contributed by atoms with E-state index in [1.807, 2.05) is 29.0 Å². The number of carbonyl (C=O) groups excluding carboxylic acids is 3. The summed E-state index contributed by atoms with van der Waals surface area (Å²) in [6, 6.07) is 12.5. The molecule has 34 heavy (non-hydrogen) atoms. The average Bonchev–Trinajstić information content (AvgIpc) is 2.75. The minimum absolute atomic E-state index is 0.231. The fourth-order valence-corrected chi connectivity index (χ4v) is 5.09. The molecule has 0 radical (unpaired) electrons. The van der Waals surface area contributed by atoms with Crippen LogP contribution in [0, 0.1) is 5.41 Å². The number of rotatable bonds is 4. The van der Waals surface area contributed by atoms with Crippen LogP contribution in [0.1, 0.15) is 41.4 Å². The third-order valence-corrected chi connectivity index (χ3v) is 6.89. The number of benzene rings is 2. The van der Waals surface area contributed by atoms with E-state index >= 15 is 0 Å². The number of nitrogens with zero attached hydrogens (tertiary/aromatic N) is 2. The third-order valence-electron chi connectivity index (χ3n) is 6.34. The Hall–Kier alpha value is -3.40. The largest absolute Gasteiger partial charge is 0.377 e. The van der Waals surface area contributed by atoms with Gasteiger partial charge in [-0.1, -0.05) is 38.1 Å². The lowest BCUT2D eigenvalue weighted by atomic mass is 9.72. The van der Waals surface area contributed by atoms with Gasteiger partial charge in [-0.25, -0.2) is 13.1 Å². The van der Waals surface area contributed by atoms with E-state index in [1.165, 1.54) is 9.80 Å². The van der Waals surface area contributed by atoms with E-state index in [2.05, 4.69) is 19.2 Å². The van der Waals surface area contributed by atoms with Gasteiger partial charge in [0.15, 0.2) is 0 Å². The highest BCUT2D eigenvalue weighted by molar-refractivity contribution is 7.89. The topological polar surface area (TPSA) is 116 Å². The second kappa shape index (κ2) is 8.43. The molecule has 2 aliphatic rings. The van der Waals surface area contributed by atoms with Crippen LogP contribution in [0.5, 0.6) is 0 Å². The van der Waals surface area contributed by atoms with E-state index in [9.17, 15) is 22.8 Å². The molecule has 0 aliphatic carbocycles. The number of fused-ring (bicyclic) bond motifs is 1. The van der Waals surface area contributed by atoms with E-state index in [1.54, 1.807) is 25.2 Å². The van der Waals surface area contributed by atoms with Gasteiger partial charge in [0, 0.05) is 25.8 Å². The molecular formula is C24H28N4O5S. The van der Waals surface area contributed by atoms with Crippen LogP contribution in [0.25, 0.3) is 0 Å².